The predicted molar refractivity (Wildman–Crippen MR) is 184 cm³/mol. The van der Waals surface area contributed by atoms with Crippen LogP contribution in [0.2, 0.25) is 0 Å². The number of fused-ring (bicyclic) bond motifs is 1. The molecule has 0 radical (unpaired) electrons. The Labute approximate surface area is 278 Å². The molecule has 2 aromatic carbocycles. The number of likely N-dealkylation sites (tertiary alicyclic amines) is 2. The molecule has 2 aliphatic heterocycles. The van der Waals surface area contributed by atoms with Crippen LogP contribution in [0.4, 0.5) is 0 Å². The second-order valence-corrected chi connectivity index (χ2v) is 13.6. The van der Waals surface area contributed by atoms with Gasteiger partial charge in [-0.3, -0.25) is 0 Å². The van der Waals surface area contributed by atoms with E-state index in [4.69, 9.17) is 14.8 Å². The molecule has 4 aromatic rings. The molecule has 2 aromatic heterocycles. The summed E-state index contributed by atoms with van der Waals surface area (Å²) in [6.45, 7) is 12.2. The van der Waals surface area contributed by atoms with Gasteiger partial charge in [0.25, 0.3) is 0 Å². The number of aliphatic carboxylic acids is 1. The minimum absolute atomic E-state index is 0.0158. The molecule has 6 rings (SSSR count). The molecule has 1 spiro atoms. The quantitative estimate of drug-likeness (QED) is 0.144. The number of benzene rings is 2. The van der Waals surface area contributed by atoms with E-state index in [1.165, 1.54) is 58.3 Å². The molecule has 47 heavy (non-hydrogen) atoms. The number of carbonyl (C=O) groups is 1. The number of aromatic amines is 1. The van der Waals surface area contributed by atoms with Gasteiger partial charge in [0.2, 0.25) is 0 Å². The predicted octanol–water partition coefficient (Wildman–Crippen LogP) is 5.66. The van der Waals surface area contributed by atoms with Gasteiger partial charge in [-0.1, -0.05) is 32.0 Å². The molecule has 0 aliphatic carbocycles. The molecular weight excluding hydrogens is 590 g/mol. The lowest BCUT2D eigenvalue weighted by atomic mass is 9.77. The molecule has 0 bridgehead atoms. The van der Waals surface area contributed by atoms with Gasteiger partial charge in [0, 0.05) is 56.9 Å². The van der Waals surface area contributed by atoms with Gasteiger partial charge in [0.15, 0.2) is 6.61 Å². The molecule has 2 fully saturated rings. The van der Waals surface area contributed by atoms with Crippen molar-refractivity contribution in [1.29, 1.82) is 0 Å². The SMILES string of the molecule is CCC(CC)N1CCC2(CCN(CCCn3ccnc3CC(NCc3ccc4cc(OCC(=O)O)ccc4c3)c3ncc[nH]3)C2)CC1. The molecule has 4 heterocycles. The largest absolute Gasteiger partial charge is 0.482 e. The standard InChI is InChI=1S/C37H51N7O3/c1-3-31(4-2)43-19-11-37(12-20-43)10-18-42(27-37)16-5-17-44-21-15-38-34(44)24-33(36-39-13-14-40-36)41-25-28-6-7-30-23-32(47-26-35(45)46)9-8-29(30)22-28/h6-9,13-15,21-23,31,33,41H,3-5,10-12,16-20,24-27H2,1-2H3,(H,39,40)(H,45,46). The third-order valence-electron chi connectivity index (χ3n) is 10.5. The Balaban J connectivity index is 1.01. The molecule has 2 saturated heterocycles. The van der Waals surface area contributed by atoms with Crippen molar-refractivity contribution >= 4 is 16.7 Å². The van der Waals surface area contributed by atoms with Crippen molar-refractivity contribution in [2.75, 3.05) is 39.3 Å². The zero-order chi connectivity index (χ0) is 32.6. The Morgan fingerprint density at radius 2 is 1.81 bits per heavy atom. The first kappa shape index (κ1) is 33.2. The van der Waals surface area contributed by atoms with Crippen LogP contribution < -0.4 is 10.1 Å². The zero-order valence-corrected chi connectivity index (χ0v) is 28.0. The first-order valence-electron chi connectivity index (χ1n) is 17.5. The summed E-state index contributed by atoms with van der Waals surface area (Å²) in [5, 5.41) is 14.7. The van der Waals surface area contributed by atoms with Gasteiger partial charge in [0.1, 0.15) is 17.4 Å². The zero-order valence-electron chi connectivity index (χ0n) is 28.0. The average Bonchev–Trinajstić information content (AvgIpc) is 3.86. The first-order valence-corrected chi connectivity index (χ1v) is 17.5. The van der Waals surface area contributed by atoms with E-state index in [0.717, 1.165) is 60.0 Å². The number of aryl methyl sites for hydroxylation is 1. The number of rotatable bonds is 16. The Morgan fingerprint density at radius 3 is 2.57 bits per heavy atom. The van der Waals surface area contributed by atoms with E-state index >= 15 is 0 Å². The fourth-order valence-corrected chi connectivity index (χ4v) is 7.77. The molecule has 1 atom stereocenters. The fourth-order valence-electron chi connectivity index (χ4n) is 7.77. The van der Waals surface area contributed by atoms with E-state index in [1.54, 1.807) is 6.20 Å². The maximum absolute atomic E-state index is 10.8. The molecular formula is C37H51N7O3. The number of ether oxygens (including phenoxy) is 1. The lowest BCUT2D eigenvalue weighted by Gasteiger charge is -2.42. The van der Waals surface area contributed by atoms with Gasteiger partial charge in [-0.05, 0) is 105 Å². The van der Waals surface area contributed by atoms with Crippen molar-refractivity contribution in [3.8, 4) is 5.75 Å². The molecule has 0 saturated carbocycles. The van der Waals surface area contributed by atoms with Gasteiger partial charge in [-0.15, -0.1) is 0 Å². The van der Waals surface area contributed by atoms with Crippen LogP contribution in [0.15, 0.2) is 61.2 Å². The van der Waals surface area contributed by atoms with E-state index in [2.05, 4.69) is 61.8 Å². The molecule has 2 aliphatic rings. The summed E-state index contributed by atoms with van der Waals surface area (Å²) in [4.78, 5) is 29.0. The summed E-state index contributed by atoms with van der Waals surface area (Å²) >= 11 is 0. The Hall–Kier alpha value is -3.73. The summed E-state index contributed by atoms with van der Waals surface area (Å²) in [5.74, 6) is 1.53. The Bertz CT molecular complexity index is 1570. The van der Waals surface area contributed by atoms with Crippen LogP contribution in [-0.4, -0.2) is 85.8 Å². The summed E-state index contributed by atoms with van der Waals surface area (Å²) < 4.78 is 7.66. The number of H-pyrrole nitrogens is 1. The van der Waals surface area contributed by atoms with Crippen molar-refractivity contribution in [1.82, 2.24) is 34.6 Å². The van der Waals surface area contributed by atoms with Crippen LogP contribution in [0, 0.1) is 5.41 Å². The number of imidazole rings is 2. The molecule has 3 N–H and O–H groups in total. The van der Waals surface area contributed by atoms with E-state index < -0.39 is 5.97 Å². The van der Waals surface area contributed by atoms with Crippen LogP contribution in [-0.2, 0) is 24.3 Å². The van der Waals surface area contributed by atoms with Crippen molar-refractivity contribution in [2.24, 2.45) is 5.41 Å². The average molecular weight is 642 g/mol. The number of aromatic nitrogens is 4. The monoisotopic (exact) mass is 641 g/mol. The van der Waals surface area contributed by atoms with Gasteiger partial charge in [-0.2, -0.15) is 0 Å². The van der Waals surface area contributed by atoms with E-state index in [-0.39, 0.29) is 12.6 Å². The second-order valence-electron chi connectivity index (χ2n) is 13.6. The first-order chi connectivity index (χ1) is 22.9. The van der Waals surface area contributed by atoms with Crippen molar-refractivity contribution in [3.63, 3.8) is 0 Å². The van der Waals surface area contributed by atoms with Crippen molar-refractivity contribution in [2.45, 2.75) is 84.0 Å². The van der Waals surface area contributed by atoms with E-state index in [0.29, 0.717) is 17.7 Å². The highest BCUT2D eigenvalue weighted by Gasteiger charge is 2.40. The number of hydrogen-bond donors (Lipinski definition) is 3. The molecule has 10 heteroatoms. The summed E-state index contributed by atoms with van der Waals surface area (Å²) in [6, 6.07) is 12.7. The van der Waals surface area contributed by atoms with Gasteiger partial charge in [0.05, 0.1) is 6.04 Å². The lowest BCUT2D eigenvalue weighted by molar-refractivity contribution is -0.139. The third-order valence-corrected chi connectivity index (χ3v) is 10.5. The highest BCUT2D eigenvalue weighted by atomic mass is 16.5. The van der Waals surface area contributed by atoms with E-state index in [1.807, 2.05) is 36.7 Å². The maximum atomic E-state index is 10.8. The number of carboxylic acids is 1. The topological polar surface area (TPSA) is 112 Å². The smallest absolute Gasteiger partial charge is 0.341 e. The highest BCUT2D eigenvalue weighted by Crippen LogP contribution is 2.41. The van der Waals surface area contributed by atoms with Gasteiger partial charge < -0.3 is 34.5 Å². The molecule has 0 amide bonds. The molecule has 10 nitrogen and oxygen atoms in total. The van der Waals surface area contributed by atoms with Gasteiger partial charge in [-0.25, -0.2) is 14.8 Å². The summed E-state index contributed by atoms with van der Waals surface area (Å²) in [6.07, 6.45) is 16.2. The minimum atomic E-state index is -0.987. The minimum Gasteiger partial charge on any atom is -0.482 e. The van der Waals surface area contributed by atoms with Crippen molar-refractivity contribution < 1.29 is 14.6 Å². The molecule has 1 unspecified atom stereocenters. The fraction of sp³-hybridized carbons (Fsp3) is 0.541. The van der Waals surface area contributed by atoms with Crippen molar-refractivity contribution in [3.05, 3.63) is 78.4 Å². The summed E-state index contributed by atoms with van der Waals surface area (Å²) in [7, 11) is 0. The van der Waals surface area contributed by atoms with Crippen LogP contribution in [0.1, 0.15) is 75.6 Å². The number of nitrogens with one attached hydrogen (secondary N) is 2. The normalized spacial score (nSPS) is 17.6. The van der Waals surface area contributed by atoms with Crippen LogP contribution in [0.5, 0.6) is 5.75 Å². The molecule has 252 valence electrons. The van der Waals surface area contributed by atoms with Crippen LogP contribution in [0.3, 0.4) is 0 Å². The van der Waals surface area contributed by atoms with Crippen LogP contribution in [0.25, 0.3) is 10.8 Å². The van der Waals surface area contributed by atoms with E-state index in [9.17, 15) is 4.79 Å². The second kappa shape index (κ2) is 15.4. The maximum Gasteiger partial charge on any atom is 0.341 e. The van der Waals surface area contributed by atoms with Crippen LogP contribution >= 0.6 is 0 Å². The third kappa shape index (κ3) is 8.41. The summed E-state index contributed by atoms with van der Waals surface area (Å²) in [5.41, 5.74) is 1.69. The lowest BCUT2D eigenvalue weighted by Crippen LogP contribution is -2.45. The van der Waals surface area contributed by atoms with Gasteiger partial charge >= 0.3 is 5.97 Å². The highest BCUT2D eigenvalue weighted by molar-refractivity contribution is 5.84. The Kier molecular flexibility index (Phi) is 10.9. The number of hydrogen-bond acceptors (Lipinski definition) is 7. The number of carboxylic acid groups (broad SMARTS) is 1. The number of piperidine rings is 1. The number of nitrogens with zero attached hydrogens (tertiary/aromatic N) is 5. The Morgan fingerprint density at radius 1 is 1.02 bits per heavy atom.